The zero-order chi connectivity index (χ0) is 27.8. The molecule has 0 amide bonds. The van der Waals surface area contributed by atoms with E-state index in [-0.39, 0.29) is 18.4 Å². The lowest BCUT2D eigenvalue weighted by atomic mass is 9.94. The van der Waals surface area contributed by atoms with Crippen LogP contribution in [0.5, 0.6) is 0 Å². The van der Waals surface area contributed by atoms with E-state index in [1.165, 1.54) is 154 Å². The lowest BCUT2D eigenvalue weighted by molar-refractivity contribution is -0.143. The van der Waals surface area contributed by atoms with Crippen LogP contribution in [-0.2, 0) is 9.53 Å². The van der Waals surface area contributed by atoms with Gasteiger partial charge in [-0.25, -0.2) is 0 Å². The molecule has 0 rings (SSSR count). The van der Waals surface area contributed by atoms with Gasteiger partial charge in [0.25, 0.3) is 0 Å². The molecule has 1 N–H and O–H groups in total. The van der Waals surface area contributed by atoms with Crippen LogP contribution < -0.4 is 5.32 Å². The van der Waals surface area contributed by atoms with Crippen molar-refractivity contribution in [3.63, 3.8) is 0 Å². The fourth-order valence-corrected chi connectivity index (χ4v) is 5.50. The van der Waals surface area contributed by atoms with Crippen molar-refractivity contribution in [1.82, 2.24) is 5.32 Å². The molecule has 0 aromatic carbocycles. The zero-order valence-electron chi connectivity index (χ0n) is 27.0. The SMILES string of the molecule is CCCCCCCCCCCCCCCCC(CCCCCCC)CNCCOC(=O)CCCCCCC.Cl. The highest BCUT2D eigenvalue weighted by atomic mass is 35.5. The average Bonchev–Trinajstić information content (AvgIpc) is 2.92. The van der Waals surface area contributed by atoms with Crippen molar-refractivity contribution < 1.29 is 9.53 Å². The molecule has 0 aliphatic heterocycles. The molecule has 0 fully saturated rings. The Morgan fingerprint density at radius 2 is 0.897 bits per heavy atom. The molecular formula is C35H72ClNO2. The van der Waals surface area contributed by atoms with Crippen LogP contribution in [0.25, 0.3) is 0 Å². The van der Waals surface area contributed by atoms with Gasteiger partial charge < -0.3 is 10.1 Å². The maximum Gasteiger partial charge on any atom is 0.305 e. The fraction of sp³-hybridized carbons (Fsp3) is 0.971. The molecule has 0 aliphatic carbocycles. The van der Waals surface area contributed by atoms with Crippen LogP contribution in [-0.4, -0.2) is 25.7 Å². The first-order chi connectivity index (χ1) is 18.7. The van der Waals surface area contributed by atoms with Gasteiger partial charge in [0.2, 0.25) is 0 Å². The van der Waals surface area contributed by atoms with E-state index in [0.717, 1.165) is 31.8 Å². The predicted octanol–water partition coefficient (Wildman–Crippen LogP) is 11.7. The number of halogens is 1. The molecule has 39 heavy (non-hydrogen) atoms. The third-order valence-corrected chi connectivity index (χ3v) is 8.14. The van der Waals surface area contributed by atoms with E-state index in [1.54, 1.807) is 0 Å². The topological polar surface area (TPSA) is 38.3 Å². The van der Waals surface area contributed by atoms with Gasteiger partial charge in [-0.2, -0.15) is 0 Å². The van der Waals surface area contributed by atoms with Crippen LogP contribution in [0.15, 0.2) is 0 Å². The standard InChI is InChI=1S/C35H71NO2.ClH/c1-4-7-10-13-14-15-16-17-18-19-20-21-24-26-29-34(28-25-22-11-8-5-2)33-36-31-32-38-35(37)30-27-23-12-9-6-3;/h34,36H,4-33H2,1-3H3;1H. The Morgan fingerprint density at radius 1 is 0.538 bits per heavy atom. The summed E-state index contributed by atoms with van der Waals surface area (Å²) in [6, 6.07) is 0. The van der Waals surface area contributed by atoms with Crippen molar-refractivity contribution in [3.05, 3.63) is 0 Å². The van der Waals surface area contributed by atoms with Crippen LogP contribution >= 0.6 is 12.4 Å². The summed E-state index contributed by atoms with van der Waals surface area (Å²) in [5, 5.41) is 3.60. The number of hydrogen-bond acceptors (Lipinski definition) is 3. The Morgan fingerprint density at radius 3 is 1.31 bits per heavy atom. The number of rotatable bonds is 32. The minimum absolute atomic E-state index is 0. The second-order valence-corrected chi connectivity index (χ2v) is 12.0. The van der Waals surface area contributed by atoms with Crippen molar-refractivity contribution in [2.45, 2.75) is 194 Å². The quantitative estimate of drug-likeness (QED) is 0.0642. The Balaban J connectivity index is 0. The van der Waals surface area contributed by atoms with Crippen molar-refractivity contribution >= 4 is 18.4 Å². The molecule has 1 atom stereocenters. The molecule has 1 unspecified atom stereocenters. The Kier molecular flexibility index (Phi) is 37.4. The van der Waals surface area contributed by atoms with Crippen molar-refractivity contribution in [2.24, 2.45) is 5.92 Å². The highest BCUT2D eigenvalue weighted by Crippen LogP contribution is 2.19. The summed E-state index contributed by atoms with van der Waals surface area (Å²) in [7, 11) is 0. The maximum absolute atomic E-state index is 11.9. The molecule has 3 nitrogen and oxygen atoms in total. The summed E-state index contributed by atoms with van der Waals surface area (Å²) < 4.78 is 5.44. The highest BCUT2D eigenvalue weighted by molar-refractivity contribution is 5.85. The lowest BCUT2D eigenvalue weighted by Gasteiger charge is -2.18. The van der Waals surface area contributed by atoms with Crippen molar-refractivity contribution in [1.29, 1.82) is 0 Å². The van der Waals surface area contributed by atoms with Gasteiger partial charge in [0.1, 0.15) is 6.61 Å². The van der Waals surface area contributed by atoms with Gasteiger partial charge in [0, 0.05) is 13.0 Å². The second-order valence-electron chi connectivity index (χ2n) is 12.0. The summed E-state index contributed by atoms with van der Waals surface area (Å²) in [5.74, 6) is 0.765. The molecule has 0 aliphatic rings. The van der Waals surface area contributed by atoms with Gasteiger partial charge in [0.05, 0.1) is 0 Å². The number of hydrogen-bond donors (Lipinski definition) is 1. The first-order valence-corrected chi connectivity index (χ1v) is 17.6. The van der Waals surface area contributed by atoms with E-state index >= 15 is 0 Å². The van der Waals surface area contributed by atoms with Crippen molar-refractivity contribution in [2.75, 3.05) is 19.7 Å². The molecule has 0 aromatic rings. The number of esters is 1. The van der Waals surface area contributed by atoms with Crippen molar-refractivity contribution in [3.8, 4) is 0 Å². The van der Waals surface area contributed by atoms with E-state index in [4.69, 9.17) is 4.74 Å². The average molecular weight is 574 g/mol. The Labute approximate surface area is 252 Å². The molecule has 236 valence electrons. The van der Waals surface area contributed by atoms with E-state index in [1.807, 2.05) is 0 Å². The lowest BCUT2D eigenvalue weighted by Crippen LogP contribution is -2.27. The summed E-state index contributed by atoms with van der Waals surface area (Å²) in [4.78, 5) is 11.9. The van der Waals surface area contributed by atoms with E-state index in [0.29, 0.717) is 13.0 Å². The molecule has 0 heterocycles. The Hall–Kier alpha value is -0.280. The van der Waals surface area contributed by atoms with E-state index in [2.05, 4.69) is 26.1 Å². The molecule has 0 radical (unpaired) electrons. The van der Waals surface area contributed by atoms with E-state index in [9.17, 15) is 4.79 Å². The third-order valence-electron chi connectivity index (χ3n) is 8.14. The monoisotopic (exact) mass is 574 g/mol. The smallest absolute Gasteiger partial charge is 0.305 e. The molecule has 0 spiro atoms. The zero-order valence-corrected chi connectivity index (χ0v) is 27.8. The highest BCUT2D eigenvalue weighted by Gasteiger charge is 2.09. The van der Waals surface area contributed by atoms with Gasteiger partial charge in [-0.1, -0.05) is 168 Å². The van der Waals surface area contributed by atoms with Crippen LogP contribution in [0.1, 0.15) is 194 Å². The van der Waals surface area contributed by atoms with Gasteiger partial charge in [-0.15, -0.1) is 12.4 Å². The Bertz CT molecular complexity index is 460. The fourth-order valence-electron chi connectivity index (χ4n) is 5.50. The summed E-state index contributed by atoms with van der Waals surface area (Å²) >= 11 is 0. The number of ether oxygens (including phenoxy) is 1. The molecule has 0 saturated heterocycles. The molecule has 0 saturated carbocycles. The minimum Gasteiger partial charge on any atom is -0.464 e. The number of nitrogens with one attached hydrogen (secondary N) is 1. The summed E-state index contributed by atoms with van der Waals surface area (Å²) in [5.41, 5.74) is 0. The van der Waals surface area contributed by atoms with Crippen LogP contribution in [0.3, 0.4) is 0 Å². The molecule has 0 aromatic heterocycles. The number of carbonyl (C=O) groups excluding carboxylic acids is 1. The number of unbranched alkanes of at least 4 members (excludes halogenated alkanes) is 21. The minimum atomic E-state index is -0.0156. The normalized spacial score (nSPS) is 11.9. The first-order valence-electron chi connectivity index (χ1n) is 17.6. The third kappa shape index (κ3) is 33.8. The van der Waals surface area contributed by atoms with Gasteiger partial charge in [-0.3, -0.25) is 4.79 Å². The maximum atomic E-state index is 11.9. The van der Waals surface area contributed by atoms with Crippen LogP contribution in [0.4, 0.5) is 0 Å². The van der Waals surface area contributed by atoms with Gasteiger partial charge >= 0.3 is 5.97 Å². The number of carbonyl (C=O) groups is 1. The largest absolute Gasteiger partial charge is 0.464 e. The molecular weight excluding hydrogens is 502 g/mol. The van der Waals surface area contributed by atoms with Crippen LogP contribution in [0.2, 0.25) is 0 Å². The summed E-state index contributed by atoms with van der Waals surface area (Å²) in [6.07, 6.45) is 36.1. The predicted molar refractivity (Wildman–Crippen MR) is 176 cm³/mol. The summed E-state index contributed by atoms with van der Waals surface area (Å²) in [6.45, 7) is 9.22. The van der Waals surface area contributed by atoms with Crippen LogP contribution in [0, 0.1) is 5.92 Å². The first kappa shape index (κ1) is 40.9. The van der Waals surface area contributed by atoms with Gasteiger partial charge in [-0.05, 0) is 31.7 Å². The second kappa shape index (κ2) is 35.7. The van der Waals surface area contributed by atoms with E-state index < -0.39 is 0 Å². The van der Waals surface area contributed by atoms with Gasteiger partial charge in [0.15, 0.2) is 0 Å². The molecule has 4 heteroatoms. The molecule has 0 bridgehead atoms.